The molecule has 6 nitrogen and oxygen atoms in total. The number of benzene rings is 2. The van der Waals surface area contributed by atoms with Crippen LogP contribution < -0.4 is 0 Å². The van der Waals surface area contributed by atoms with E-state index in [1.807, 2.05) is 35.4 Å². The molecule has 1 atom stereocenters. The van der Waals surface area contributed by atoms with Gasteiger partial charge in [-0.2, -0.15) is 5.10 Å². The highest BCUT2D eigenvalue weighted by molar-refractivity contribution is 7.98. The van der Waals surface area contributed by atoms with Crippen molar-refractivity contribution in [2.75, 3.05) is 26.5 Å². The van der Waals surface area contributed by atoms with Gasteiger partial charge in [-0.3, -0.25) is 9.89 Å². The Balaban J connectivity index is 1.84. The lowest BCUT2D eigenvalue weighted by atomic mass is 9.95. The van der Waals surface area contributed by atoms with E-state index in [0.29, 0.717) is 35.1 Å². The number of nitrogens with zero attached hydrogens (tertiary/aromatic N) is 2. The Kier molecular flexibility index (Phi) is 6.04. The van der Waals surface area contributed by atoms with Crippen molar-refractivity contribution in [2.45, 2.75) is 17.4 Å². The number of carbonyl (C=O) groups is 1. The second-order valence-electron chi connectivity index (χ2n) is 7.04. The summed E-state index contributed by atoms with van der Waals surface area (Å²) in [5.74, 6) is -0.0456. The fraction of sp³-hybridized carbons (Fsp3) is 0.273. The van der Waals surface area contributed by atoms with E-state index in [2.05, 4.69) is 10.2 Å². The summed E-state index contributed by atoms with van der Waals surface area (Å²) in [5, 5.41) is 18.2. The van der Waals surface area contributed by atoms with Gasteiger partial charge in [0.15, 0.2) is 0 Å². The number of methoxy groups -OCH3 is 1. The zero-order valence-corrected chi connectivity index (χ0v) is 18.3. The van der Waals surface area contributed by atoms with Crippen molar-refractivity contribution in [2.24, 2.45) is 0 Å². The number of aromatic nitrogens is 2. The van der Waals surface area contributed by atoms with E-state index in [1.54, 1.807) is 31.0 Å². The van der Waals surface area contributed by atoms with E-state index in [9.17, 15) is 9.90 Å². The second-order valence-corrected chi connectivity index (χ2v) is 8.36. The third-order valence-electron chi connectivity index (χ3n) is 5.26. The van der Waals surface area contributed by atoms with Gasteiger partial charge in [0.1, 0.15) is 17.1 Å². The number of rotatable bonds is 7. The van der Waals surface area contributed by atoms with Crippen LogP contribution in [0.5, 0.6) is 5.75 Å². The average molecular weight is 444 g/mol. The van der Waals surface area contributed by atoms with E-state index in [1.165, 1.54) is 6.07 Å². The third kappa shape index (κ3) is 3.69. The zero-order valence-electron chi connectivity index (χ0n) is 16.7. The number of hydrogen-bond donors (Lipinski definition) is 2. The molecule has 0 saturated carbocycles. The monoisotopic (exact) mass is 443 g/mol. The van der Waals surface area contributed by atoms with Crippen molar-refractivity contribution in [1.82, 2.24) is 15.1 Å². The zero-order chi connectivity index (χ0) is 21.3. The van der Waals surface area contributed by atoms with Gasteiger partial charge >= 0.3 is 0 Å². The van der Waals surface area contributed by atoms with Crippen molar-refractivity contribution in [3.8, 4) is 17.0 Å². The molecule has 2 N–H and O–H groups in total. The molecule has 0 bridgehead atoms. The van der Waals surface area contributed by atoms with Crippen molar-refractivity contribution in [3.05, 3.63) is 64.3 Å². The minimum Gasteiger partial charge on any atom is -0.507 e. The smallest absolute Gasteiger partial charge is 0.273 e. The Morgan fingerprint density at radius 2 is 2.03 bits per heavy atom. The summed E-state index contributed by atoms with van der Waals surface area (Å²) in [6.07, 6.45) is 2.75. The first-order valence-electron chi connectivity index (χ1n) is 9.56. The molecular weight excluding hydrogens is 422 g/mol. The molecule has 1 aliphatic rings. The minimum absolute atomic E-state index is 0.0652. The maximum atomic E-state index is 13.2. The maximum Gasteiger partial charge on any atom is 0.273 e. The van der Waals surface area contributed by atoms with Gasteiger partial charge < -0.3 is 14.7 Å². The quantitative estimate of drug-likeness (QED) is 0.407. The van der Waals surface area contributed by atoms with Gasteiger partial charge in [-0.15, -0.1) is 11.8 Å². The van der Waals surface area contributed by atoms with Gasteiger partial charge in [-0.05, 0) is 48.6 Å². The molecule has 0 fully saturated rings. The van der Waals surface area contributed by atoms with Crippen LogP contribution in [0.3, 0.4) is 0 Å². The SMILES string of the molecule is COCCCN1C(=O)c2[nH]nc(-c3cc(Cl)ccc3O)c2C1c1ccc(SC)cc1. The largest absolute Gasteiger partial charge is 0.507 e. The molecule has 1 aromatic heterocycles. The Bertz CT molecular complexity index is 1070. The molecule has 1 unspecified atom stereocenters. The first-order valence-corrected chi connectivity index (χ1v) is 11.2. The predicted octanol–water partition coefficient (Wildman–Crippen LogP) is 4.74. The summed E-state index contributed by atoms with van der Waals surface area (Å²) >= 11 is 7.84. The summed E-state index contributed by atoms with van der Waals surface area (Å²) in [4.78, 5) is 16.2. The molecule has 0 saturated heterocycles. The molecule has 2 heterocycles. The number of thioether (sulfide) groups is 1. The molecule has 2 aromatic carbocycles. The number of phenols is 1. The Morgan fingerprint density at radius 3 is 2.73 bits per heavy atom. The van der Waals surface area contributed by atoms with Crippen molar-refractivity contribution >= 4 is 29.3 Å². The van der Waals surface area contributed by atoms with Crippen LogP contribution >= 0.6 is 23.4 Å². The van der Waals surface area contributed by atoms with E-state index in [0.717, 1.165) is 22.4 Å². The van der Waals surface area contributed by atoms with Crippen LogP contribution in [0.15, 0.2) is 47.4 Å². The first kappa shape index (κ1) is 20.8. The van der Waals surface area contributed by atoms with Crippen LogP contribution in [-0.4, -0.2) is 52.6 Å². The van der Waals surface area contributed by atoms with Crippen molar-refractivity contribution < 1.29 is 14.6 Å². The van der Waals surface area contributed by atoms with Crippen LogP contribution in [0.1, 0.15) is 34.1 Å². The fourth-order valence-corrected chi connectivity index (χ4v) is 4.42. The lowest BCUT2D eigenvalue weighted by Gasteiger charge is -2.26. The van der Waals surface area contributed by atoms with Gasteiger partial charge in [0.05, 0.1) is 6.04 Å². The van der Waals surface area contributed by atoms with Gasteiger partial charge in [-0.1, -0.05) is 23.7 Å². The Morgan fingerprint density at radius 1 is 1.27 bits per heavy atom. The number of aromatic amines is 1. The fourth-order valence-electron chi connectivity index (χ4n) is 3.84. The number of H-pyrrole nitrogens is 1. The maximum absolute atomic E-state index is 13.2. The molecular formula is C22H22ClN3O3S. The normalized spacial score (nSPS) is 15.6. The first-order chi connectivity index (χ1) is 14.5. The van der Waals surface area contributed by atoms with Gasteiger partial charge in [-0.25, -0.2) is 0 Å². The van der Waals surface area contributed by atoms with Crippen LogP contribution in [0.4, 0.5) is 0 Å². The highest BCUT2D eigenvalue weighted by atomic mass is 35.5. The number of nitrogens with one attached hydrogen (secondary N) is 1. The molecule has 3 aromatic rings. The lowest BCUT2D eigenvalue weighted by Crippen LogP contribution is -2.31. The van der Waals surface area contributed by atoms with E-state index in [4.69, 9.17) is 16.3 Å². The van der Waals surface area contributed by atoms with Crippen molar-refractivity contribution in [1.29, 1.82) is 0 Å². The van der Waals surface area contributed by atoms with Crippen LogP contribution in [0.25, 0.3) is 11.3 Å². The van der Waals surface area contributed by atoms with Crippen molar-refractivity contribution in [3.63, 3.8) is 0 Å². The third-order valence-corrected chi connectivity index (χ3v) is 6.24. The molecule has 0 aliphatic carbocycles. The van der Waals surface area contributed by atoms with Gasteiger partial charge in [0.25, 0.3) is 5.91 Å². The van der Waals surface area contributed by atoms with Gasteiger partial charge in [0.2, 0.25) is 0 Å². The number of carbonyl (C=O) groups excluding carboxylic acids is 1. The molecule has 30 heavy (non-hydrogen) atoms. The topological polar surface area (TPSA) is 78.5 Å². The van der Waals surface area contributed by atoms with Crippen LogP contribution in [0, 0.1) is 0 Å². The molecule has 4 rings (SSSR count). The number of hydrogen-bond acceptors (Lipinski definition) is 5. The highest BCUT2D eigenvalue weighted by Crippen LogP contribution is 2.45. The second kappa shape index (κ2) is 8.71. The number of aromatic hydroxyl groups is 1. The number of amides is 1. The molecule has 8 heteroatoms. The van der Waals surface area contributed by atoms with E-state index < -0.39 is 0 Å². The Labute approximate surface area is 184 Å². The number of ether oxygens (including phenoxy) is 1. The standard InChI is InChI=1S/C22H22ClN3O3S/c1-29-11-3-10-26-21(13-4-7-15(30-2)8-5-13)18-19(24-25-20(18)22(26)28)16-12-14(23)6-9-17(16)27/h4-9,12,21,27H,3,10-11H2,1-2H3,(H,24,25). The predicted molar refractivity (Wildman–Crippen MR) is 118 cm³/mol. The summed E-state index contributed by atoms with van der Waals surface area (Å²) in [6.45, 7) is 1.11. The van der Waals surface area contributed by atoms with E-state index in [-0.39, 0.29) is 17.7 Å². The average Bonchev–Trinajstić information content (AvgIpc) is 3.29. The summed E-state index contributed by atoms with van der Waals surface area (Å²) in [6, 6.07) is 12.7. The number of fused-ring (bicyclic) bond motifs is 1. The van der Waals surface area contributed by atoms with E-state index >= 15 is 0 Å². The van der Waals surface area contributed by atoms with Crippen LogP contribution in [0.2, 0.25) is 5.02 Å². The van der Waals surface area contributed by atoms with Gasteiger partial charge in [0, 0.05) is 41.3 Å². The minimum atomic E-state index is -0.313. The number of phenolic OH excluding ortho intramolecular Hbond substituents is 1. The molecule has 0 radical (unpaired) electrons. The van der Waals surface area contributed by atoms with Crippen LogP contribution in [-0.2, 0) is 4.74 Å². The highest BCUT2D eigenvalue weighted by Gasteiger charge is 2.42. The molecule has 0 spiro atoms. The lowest BCUT2D eigenvalue weighted by molar-refractivity contribution is 0.0723. The Hall–Kier alpha value is -2.48. The number of halogens is 1. The molecule has 156 valence electrons. The molecule has 1 aliphatic heterocycles. The summed E-state index contributed by atoms with van der Waals surface area (Å²) in [5.41, 5.74) is 3.22. The molecule has 1 amide bonds. The summed E-state index contributed by atoms with van der Waals surface area (Å²) < 4.78 is 5.18. The summed E-state index contributed by atoms with van der Waals surface area (Å²) in [7, 11) is 1.65.